The Kier molecular flexibility index (Phi) is 4.90. The van der Waals surface area contributed by atoms with Crippen LogP contribution in [0.4, 0.5) is 5.69 Å². The lowest BCUT2D eigenvalue weighted by Crippen LogP contribution is -2.26. The van der Waals surface area contributed by atoms with E-state index in [1.54, 1.807) is 11.8 Å². The average molecular weight is 288 g/mol. The summed E-state index contributed by atoms with van der Waals surface area (Å²) in [6, 6.07) is 11.6. The molecule has 0 saturated carbocycles. The summed E-state index contributed by atoms with van der Waals surface area (Å²) in [4.78, 5) is 12.2. The number of amides is 1. The third-order valence-electron chi connectivity index (χ3n) is 3.40. The van der Waals surface area contributed by atoms with Crippen LogP contribution < -0.4 is 11.1 Å². The minimum atomic E-state index is -0.0958. The van der Waals surface area contributed by atoms with Crippen LogP contribution in [-0.4, -0.2) is 24.0 Å². The summed E-state index contributed by atoms with van der Waals surface area (Å²) in [7, 11) is 0. The third kappa shape index (κ3) is 3.45. The fourth-order valence-corrected chi connectivity index (χ4v) is 2.41. The number of hydrogen-bond acceptors (Lipinski definition) is 3. The van der Waals surface area contributed by atoms with Gasteiger partial charge < -0.3 is 11.1 Å². The van der Waals surface area contributed by atoms with Crippen molar-refractivity contribution in [2.75, 3.05) is 18.5 Å². The van der Waals surface area contributed by atoms with Crippen LogP contribution in [0.3, 0.4) is 0 Å². The lowest BCUT2D eigenvalue weighted by molar-refractivity contribution is 0.0954. The van der Waals surface area contributed by atoms with E-state index in [2.05, 4.69) is 18.5 Å². The van der Waals surface area contributed by atoms with Gasteiger partial charge in [-0.05, 0) is 35.6 Å². The molecule has 2 aromatic rings. The fourth-order valence-electron chi connectivity index (χ4n) is 2.06. The fraction of sp³-hybridized carbons (Fsp3) is 0.312. The van der Waals surface area contributed by atoms with Crippen LogP contribution >= 0.6 is 11.8 Å². The van der Waals surface area contributed by atoms with Crippen molar-refractivity contribution in [1.29, 1.82) is 0 Å². The summed E-state index contributed by atoms with van der Waals surface area (Å²) >= 11 is 1.80. The zero-order valence-corrected chi connectivity index (χ0v) is 12.7. The highest BCUT2D eigenvalue weighted by atomic mass is 32.2. The van der Waals surface area contributed by atoms with E-state index in [0.717, 1.165) is 17.2 Å². The molecule has 20 heavy (non-hydrogen) atoms. The Morgan fingerprint density at radius 3 is 2.60 bits per heavy atom. The van der Waals surface area contributed by atoms with Gasteiger partial charge in [-0.2, -0.15) is 11.8 Å². The zero-order valence-electron chi connectivity index (χ0n) is 11.8. The highest BCUT2D eigenvalue weighted by molar-refractivity contribution is 7.99. The molecule has 0 heterocycles. The molecular formula is C16H20N2OS. The van der Waals surface area contributed by atoms with Crippen LogP contribution in [0.25, 0.3) is 10.8 Å². The molecule has 3 N–H and O–H groups in total. The molecule has 0 aliphatic heterocycles. The van der Waals surface area contributed by atoms with Crippen LogP contribution in [0.1, 0.15) is 23.7 Å². The molecule has 0 spiro atoms. The van der Waals surface area contributed by atoms with E-state index in [0.29, 0.717) is 23.0 Å². The molecule has 2 rings (SSSR count). The Balaban J connectivity index is 2.11. The quantitative estimate of drug-likeness (QED) is 0.830. The lowest BCUT2D eigenvalue weighted by Gasteiger charge is -2.11. The van der Waals surface area contributed by atoms with Crippen molar-refractivity contribution in [3.05, 3.63) is 42.0 Å². The van der Waals surface area contributed by atoms with Gasteiger partial charge in [0, 0.05) is 17.5 Å². The van der Waals surface area contributed by atoms with E-state index in [1.165, 1.54) is 0 Å². The van der Waals surface area contributed by atoms with E-state index in [9.17, 15) is 4.79 Å². The van der Waals surface area contributed by atoms with Gasteiger partial charge in [-0.25, -0.2) is 0 Å². The topological polar surface area (TPSA) is 55.1 Å². The van der Waals surface area contributed by atoms with Gasteiger partial charge in [0.25, 0.3) is 5.91 Å². The number of nitrogens with two attached hydrogens (primary N) is 1. The van der Waals surface area contributed by atoms with Gasteiger partial charge in [0.1, 0.15) is 0 Å². The molecule has 2 aromatic carbocycles. The molecule has 106 valence electrons. The van der Waals surface area contributed by atoms with Crippen molar-refractivity contribution >= 4 is 34.1 Å². The average Bonchev–Trinajstić information content (AvgIpc) is 2.46. The lowest BCUT2D eigenvalue weighted by atomic mass is 10.0. The van der Waals surface area contributed by atoms with Crippen molar-refractivity contribution < 1.29 is 4.79 Å². The molecule has 0 aromatic heterocycles. The van der Waals surface area contributed by atoms with Crippen molar-refractivity contribution in [2.24, 2.45) is 0 Å². The van der Waals surface area contributed by atoms with Crippen molar-refractivity contribution in [2.45, 2.75) is 18.6 Å². The summed E-state index contributed by atoms with van der Waals surface area (Å²) in [5.41, 5.74) is 7.06. The molecular weight excluding hydrogens is 268 g/mol. The van der Waals surface area contributed by atoms with E-state index in [1.807, 2.05) is 36.4 Å². The molecule has 0 aliphatic rings. The Hall–Kier alpha value is -1.68. The number of anilines is 1. The molecule has 0 aliphatic carbocycles. The van der Waals surface area contributed by atoms with Crippen molar-refractivity contribution in [3.8, 4) is 0 Å². The predicted octanol–water partition coefficient (Wildman–Crippen LogP) is 3.29. The van der Waals surface area contributed by atoms with Gasteiger partial charge in [-0.15, -0.1) is 0 Å². The molecule has 0 bridgehead atoms. The first-order valence-electron chi connectivity index (χ1n) is 6.71. The first-order chi connectivity index (χ1) is 9.61. The number of fused-ring (bicyclic) bond motifs is 1. The van der Waals surface area contributed by atoms with Gasteiger partial charge in [-0.3, -0.25) is 4.79 Å². The predicted molar refractivity (Wildman–Crippen MR) is 88.3 cm³/mol. The zero-order chi connectivity index (χ0) is 14.5. The summed E-state index contributed by atoms with van der Waals surface area (Å²) in [6.07, 6.45) is 3.04. The highest BCUT2D eigenvalue weighted by Crippen LogP contribution is 2.21. The van der Waals surface area contributed by atoms with E-state index < -0.39 is 0 Å². The first-order valence-corrected chi connectivity index (χ1v) is 8.00. The minimum absolute atomic E-state index is 0.0958. The van der Waals surface area contributed by atoms with Crippen LogP contribution in [0.5, 0.6) is 0 Å². The molecule has 4 heteroatoms. The monoisotopic (exact) mass is 288 g/mol. The van der Waals surface area contributed by atoms with E-state index in [-0.39, 0.29) is 5.91 Å². The largest absolute Gasteiger partial charge is 0.398 e. The number of nitrogens with one attached hydrogen (secondary N) is 1. The van der Waals surface area contributed by atoms with Gasteiger partial charge in [0.2, 0.25) is 0 Å². The van der Waals surface area contributed by atoms with E-state index >= 15 is 0 Å². The van der Waals surface area contributed by atoms with Crippen LogP contribution in [0.2, 0.25) is 0 Å². The van der Waals surface area contributed by atoms with Gasteiger partial charge in [0.15, 0.2) is 0 Å². The van der Waals surface area contributed by atoms with Gasteiger partial charge in [-0.1, -0.05) is 31.2 Å². The molecule has 0 fully saturated rings. The molecule has 3 nitrogen and oxygen atoms in total. The molecule has 1 unspecified atom stereocenters. The molecule has 0 saturated heterocycles. The summed E-state index contributed by atoms with van der Waals surface area (Å²) in [6.45, 7) is 2.83. The smallest absolute Gasteiger partial charge is 0.253 e. The number of benzene rings is 2. The number of rotatable bonds is 5. The summed E-state index contributed by atoms with van der Waals surface area (Å²) in [5, 5.41) is 5.57. The Bertz CT molecular complexity index is 612. The number of thioether (sulfide) groups is 1. The van der Waals surface area contributed by atoms with Gasteiger partial charge >= 0.3 is 0 Å². The number of hydrogen-bond donors (Lipinski definition) is 2. The first kappa shape index (κ1) is 14.7. The second-order valence-corrected chi connectivity index (χ2v) is 6.15. The molecule has 1 amide bonds. The Morgan fingerprint density at radius 2 is 1.95 bits per heavy atom. The molecule has 1 atom stereocenters. The normalized spacial score (nSPS) is 12.3. The van der Waals surface area contributed by atoms with Gasteiger partial charge in [0.05, 0.1) is 5.56 Å². The van der Waals surface area contributed by atoms with Crippen LogP contribution in [0.15, 0.2) is 36.4 Å². The number of nitrogen functional groups attached to an aromatic ring is 1. The maximum absolute atomic E-state index is 12.2. The second kappa shape index (κ2) is 6.66. The summed E-state index contributed by atoms with van der Waals surface area (Å²) in [5.74, 6) is -0.0958. The standard InChI is InChI=1S/C16H20N2OS/c1-11(20-2)7-8-18-16(19)14-9-12-5-3-4-6-13(12)10-15(14)17/h3-6,9-11H,7-8,17H2,1-2H3,(H,18,19). The molecule has 0 radical (unpaired) electrons. The minimum Gasteiger partial charge on any atom is -0.398 e. The number of carbonyl (C=O) groups excluding carboxylic acids is 1. The van der Waals surface area contributed by atoms with Crippen LogP contribution in [-0.2, 0) is 0 Å². The van der Waals surface area contributed by atoms with Crippen molar-refractivity contribution in [1.82, 2.24) is 5.32 Å². The maximum atomic E-state index is 12.2. The summed E-state index contributed by atoms with van der Waals surface area (Å²) < 4.78 is 0. The Labute approximate surface area is 123 Å². The number of carbonyl (C=O) groups is 1. The van der Waals surface area contributed by atoms with Crippen molar-refractivity contribution in [3.63, 3.8) is 0 Å². The highest BCUT2D eigenvalue weighted by Gasteiger charge is 2.11. The third-order valence-corrected chi connectivity index (χ3v) is 4.44. The van der Waals surface area contributed by atoms with E-state index in [4.69, 9.17) is 5.73 Å². The second-order valence-electron chi connectivity index (χ2n) is 4.88. The maximum Gasteiger partial charge on any atom is 0.253 e. The Morgan fingerprint density at radius 1 is 1.30 bits per heavy atom. The van der Waals surface area contributed by atoms with Crippen LogP contribution in [0, 0.1) is 0 Å². The SMILES string of the molecule is CSC(C)CCNC(=O)c1cc2ccccc2cc1N.